The summed E-state index contributed by atoms with van der Waals surface area (Å²) in [6, 6.07) is 0.784. The van der Waals surface area contributed by atoms with E-state index >= 15 is 0 Å². The normalized spacial score (nSPS) is 34.8. The molecule has 0 aromatic heterocycles. The molecule has 1 atom stereocenters. The van der Waals surface area contributed by atoms with Gasteiger partial charge in [0.25, 0.3) is 0 Å². The molecule has 1 unspecified atom stereocenters. The predicted molar refractivity (Wildman–Crippen MR) is 64.2 cm³/mol. The number of methoxy groups -OCH3 is 1. The molecule has 17 heavy (non-hydrogen) atoms. The third kappa shape index (κ3) is 3.33. The second-order valence-corrected chi connectivity index (χ2v) is 5.10. The van der Waals surface area contributed by atoms with E-state index in [-0.39, 0.29) is 6.04 Å². The standard InChI is InChI=1S/C12H22N2O3/c1-17-11-6-7-14(8-11)10-4-2-9(3-5-10)13-12(15)16/h9-11,13H,2-8H2,1H3,(H,15,16). The number of carbonyl (C=O) groups is 1. The van der Waals surface area contributed by atoms with Gasteiger partial charge in [0.2, 0.25) is 0 Å². The molecule has 1 aliphatic carbocycles. The van der Waals surface area contributed by atoms with Gasteiger partial charge in [-0.2, -0.15) is 0 Å². The van der Waals surface area contributed by atoms with Gasteiger partial charge < -0.3 is 15.2 Å². The third-order valence-electron chi connectivity index (χ3n) is 4.05. The van der Waals surface area contributed by atoms with Crippen LogP contribution in [-0.2, 0) is 4.74 Å². The van der Waals surface area contributed by atoms with Crippen molar-refractivity contribution < 1.29 is 14.6 Å². The first kappa shape index (κ1) is 12.6. The van der Waals surface area contributed by atoms with E-state index in [0.29, 0.717) is 12.1 Å². The summed E-state index contributed by atoms with van der Waals surface area (Å²) >= 11 is 0. The molecule has 2 N–H and O–H groups in total. The highest BCUT2D eigenvalue weighted by atomic mass is 16.5. The van der Waals surface area contributed by atoms with Crippen LogP contribution in [-0.4, -0.2) is 54.5 Å². The Morgan fingerprint density at radius 3 is 2.53 bits per heavy atom. The van der Waals surface area contributed by atoms with E-state index in [4.69, 9.17) is 9.84 Å². The molecule has 5 heteroatoms. The predicted octanol–water partition coefficient (Wildman–Crippen LogP) is 1.29. The monoisotopic (exact) mass is 242 g/mol. The van der Waals surface area contributed by atoms with Gasteiger partial charge in [-0.05, 0) is 32.1 Å². The van der Waals surface area contributed by atoms with Crippen molar-refractivity contribution in [2.45, 2.75) is 50.3 Å². The van der Waals surface area contributed by atoms with E-state index in [2.05, 4.69) is 10.2 Å². The van der Waals surface area contributed by atoms with E-state index in [1.165, 1.54) is 0 Å². The van der Waals surface area contributed by atoms with Gasteiger partial charge in [-0.25, -0.2) is 4.79 Å². The van der Waals surface area contributed by atoms with Crippen molar-refractivity contribution in [2.24, 2.45) is 0 Å². The van der Waals surface area contributed by atoms with E-state index in [9.17, 15) is 4.79 Å². The summed E-state index contributed by atoms with van der Waals surface area (Å²) in [4.78, 5) is 13.1. The molecule has 5 nitrogen and oxygen atoms in total. The molecule has 2 fully saturated rings. The van der Waals surface area contributed by atoms with Crippen molar-refractivity contribution >= 4 is 6.09 Å². The van der Waals surface area contributed by atoms with Crippen molar-refractivity contribution in [3.8, 4) is 0 Å². The van der Waals surface area contributed by atoms with Crippen molar-refractivity contribution in [3.63, 3.8) is 0 Å². The average molecular weight is 242 g/mol. The number of nitrogens with one attached hydrogen (secondary N) is 1. The largest absolute Gasteiger partial charge is 0.465 e. The highest BCUT2D eigenvalue weighted by Gasteiger charge is 2.31. The quantitative estimate of drug-likeness (QED) is 0.782. The van der Waals surface area contributed by atoms with Gasteiger partial charge in [0.1, 0.15) is 0 Å². The van der Waals surface area contributed by atoms with Gasteiger partial charge >= 0.3 is 6.09 Å². The summed E-state index contributed by atoms with van der Waals surface area (Å²) in [6.07, 6.45) is 4.75. The van der Waals surface area contributed by atoms with Gasteiger partial charge in [0.15, 0.2) is 0 Å². The molecule has 0 radical (unpaired) electrons. The van der Waals surface area contributed by atoms with Crippen molar-refractivity contribution in [1.82, 2.24) is 10.2 Å². The van der Waals surface area contributed by atoms with Crippen LogP contribution in [0.4, 0.5) is 4.79 Å². The first-order valence-corrected chi connectivity index (χ1v) is 6.45. The van der Waals surface area contributed by atoms with Gasteiger partial charge in [-0.1, -0.05) is 0 Å². The molecule has 1 heterocycles. The van der Waals surface area contributed by atoms with E-state index in [1.54, 1.807) is 7.11 Å². The number of hydrogen-bond donors (Lipinski definition) is 2. The van der Waals surface area contributed by atoms with Crippen LogP contribution in [0.5, 0.6) is 0 Å². The molecule has 0 bridgehead atoms. The molecule has 0 aromatic rings. The van der Waals surface area contributed by atoms with E-state index < -0.39 is 6.09 Å². The van der Waals surface area contributed by atoms with Crippen LogP contribution < -0.4 is 5.32 Å². The Balaban J connectivity index is 1.74. The number of rotatable bonds is 3. The lowest BCUT2D eigenvalue weighted by Crippen LogP contribution is -2.43. The molecule has 98 valence electrons. The van der Waals surface area contributed by atoms with Crippen LogP contribution in [0.2, 0.25) is 0 Å². The third-order valence-corrected chi connectivity index (χ3v) is 4.05. The fourth-order valence-electron chi connectivity index (χ4n) is 3.04. The highest BCUT2D eigenvalue weighted by Crippen LogP contribution is 2.26. The van der Waals surface area contributed by atoms with Gasteiger partial charge in [0.05, 0.1) is 6.10 Å². The van der Waals surface area contributed by atoms with E-state index in [1.807, 2.05) is 0 Å². The first-order chi connectivity index (χ1) is 8.19. The number of likely N-dealkylation sites (tertiary alicyclic amines) is 1. The molecule has 1 amide bonds. The fourth-order valence-corrected chi connectivity index (χ4v) is 3.04. The molecule has 1 aliphatic heterocycles. The Labute approximate surface area is 102 Å². The second-order valence-electron chi connectivity index (χ2n) is 5.10. The number of carboxylic acid groups (broad SMARTS) is 1. The summed E-state index contributed by atoms with van der Waals surface area (Å²) in [5.41, 5.74) is 0. The van der Waals surface area contributed by atoms with E-state index in [0.717, 1.165) is 45.2 Å². The molecular weight excluding hydrogens is 220 g/mol. The lowest BCUT2D eigenvalue weighted by atomic mass is 9.90. The summed E-state index contributed by atoms with van der Waals surface area (Å²) in [6.45, 7) is 2.17. The minimum Gasteiger partial charge on any atom is -0.465 e. The zero-order chi connectivity index (χ0) is 12.3. The Morgan fingerprint density at radius 1 is 1.29 bits per heavy atom. The lowest BCUT2D eigenvalue weighted by molar-refractivity contribution is 0.0931. The van der Waals surface area contributed by atoms with Crippen LogP contribution in [0, 0.1) is 0 Å². The Hall–Kier alpha value is -0.810. The molecular formula is C12H22N2O3. The smallest absolute Gasteiger partial charge is 0.404 e. The van der Waals surface area contributed by atoms with Crippen molar-refractivity contribution in [2.75, 3.05) is 20.2 Å². The van der Waals surface area contributed by atoms with Crippen LogP contribution >= 0.6 is 0 Å². The molecule has 1 saturated heterocycles. The first-order valence-electron chi connectivity index (χ1n) is 6.45. The second kappa shape index (κ2) is 5.69. The van der Waals surface area contributed by atoms with Crippen LogP contribution in [0.15, 0.2) is 0 Å². The van der Waals surface area contributed by atoms with Gasteiger partial charge in [0, 0.05) is 32.3 Å². The summed E-state index contributed by atoms with van der Waals surface area (Å²) in [5.74, 6) is 0. The Morgan fingerprint density at radius 2 is 2.00 bits per heavy atom. The molecule has 2 rings (SSSR count). The molecule has 0 aromatic carbocycles. The lowest BCUT2D eigenvalue weighted by Gasteiger charge is -2.34. The van der Waals surface area contributed by atoms with Gasteiger partial charge in [-0.15, -0.1) is 0 Å². The minimum absolute atomic E-state index is 0.157. The van der Waals surface area contributed by atoms with Crippen LogP contribution in [0.3, 0.4) is 0 Å². The number of hydrogen-bond acceptors (Lipinski definition) is 3. The van der Waals surface area contributed by atoms with Gasteiger partial charge in [-0.3, -0.25) is 4.90 Å². The van der Waals surface area contributed by atoms with Crippen LogP contribution in [0.25, 0.3) is 0 Å². The number of nitrogens with zero attached hydrogens (tertiary/aromatic N) is 1. The van der Waals surface area contributed by atoms with Crippen molar-refractivity contribution in [3.05, 3.63) is 0 Å². The topological polar surface area (TPSA) is 61.8 Å². The fraction of sp³-hybridized carbons (Fsp3) is 0.917. The SMILES string of the molecule is COC1CCN(C2CCC(NC(=O)O)CC2)C1. The minimum atomic E-state index is -0.894. The molecule has 1 saturated carbocycles. The highest BCUT2D eigenvalue weighted by molar-refractivity contribution is 5.64. The molecule has 2 aliphatic rings. The number of ether oxygens (including phenoxy) is 1. The summed E-state index contributed by atoms with van der Waals surface area (Å²) < 4.78 is 5.37. The zero-order valence-electron chi connectivity index (χ0n) is 10.4. The number of amides is 1. The summed E-state index contributed by atoms with van der Waals surface area (Å²) in [7, 11) is 1.78. The summed E-state index contributed by atoms with van der Waals surface area (Å²) in [5, 5.41) is 11.3. The molecule has 0 spiro atoms. The maximum Gasteiger partial charge on any atom is 0.404 e. The van der Waals surface area contributed by atoms with Crippen molar-refractivity contribution in [1.29, 1.82) is 0 Å². The Kier molecular flexibility index (Phi) is 4.23. The van der Waals surface area contributed by atoms with Crippen LogP contribution in [0.1, 0.15) is 32.1 Å². The average Bonchev–Trinajstić information content (AvgIpc) is 2.78. The maximum absolute atomic E-state index is 10.5. The zero-order valence-corrected chi connectivity index (χ0v) is 10.4. The Bertz CT molecular complexity index is 264. The maximum atomic E-state index is 10.5.